The fourth-order valence-electron chi connectivity index (χ4n) is 4.91. The van der Waals surface area contributed by atoms with Gasteiger partial charge in [0.1, 0.15) is 11.9 Å². The van der Waals surface area contributed by atoms with E-state index in [9.17, 15) is 48.7 Å². The first-order valence-electron chi connectivity index (χ1n) is 11.8. The normalized spacial score (nSPS) is 21.0. The van der Waals surface area contributed by atoms with E-state index >= 15 is 0 Å². The number of nitrogens with zero attached hydrogens (tertiary/aromatic N) is 1. The van der Waals surface area contributed by atoms with Crippen LogP contribution in [0.2, 0.25) is 0 Å². The first-order valence-corrected chi connectivity index (χ1v) is 11.8. The van der Waals surface area contributed by atoms with E-state index in [0.717, 1.165) is 4.90 Å². The molecule has 2 aliphatic rings. The monoisotopic (exact) mass is 569 g/mol. The van der Waals surface area contributed by atoms with Gasteiger partial charge in [0.25, 0.3) is 0 Å². The van der Waals surface area contributed by atoms with Crippen molar-refractivity contribution >= 4 is 11.7 Å². The van der Waals surface area contributed by atoms with Crippen LogP contribution >= 0.6 is 0 Å². The van der Waals surface area contributed by atoms with Gasteiger partial charge in [0, 0.05) is 12.1 Å². The molecule has 0 bridgehead atoms. The molecule has 3 nitrogen and oxygen atoms in total. The Morgan fingerprint density at radius 3 is 1.95 bits per heavy atom. The Bertz CT molecular complexity index is 1260. The van der Waals surface area contributed by atoms with Crippen LogP contribution in [0.4, 0.5) is 48.7 Å². The van der Waals surface area contributed by atoms with Crippen LogP contribution in [0.15, 0.2) is 42.0 Å². The van der Waals surface area contributed by atoms with Crippen molar-refractivity contribution in [2.75, 3.05) is 6.54 Å². The summed E-state index contributed by atoms with van der Waals surface area (Å²) in [7, 11) is 0. The Hall–Kier alpha value is -3.25. The van der Waals surface area contributed by atoms with Crippen molar-refractivity contribution in [3.05, 3.63) is 75.6 Å². The summed E-state index contributed by atoms with van der Waals surface area (Å²) in [6.45, 7) is 1.13. The van der Waals surface area contributed by atoms with Crippen molar-refractivity contribution in [2.45, 2.75) is 63.3 Å². The Kier molecular flexibility index (Phi) is 7.41. The Morgan fingerprint density at radius 1 is 0.821 bits per heavy atom. The van der Waals surface area contributed by atoms with Gasteiger partial charge < -0.3 is 4.74 Å². The quantitative estimate of drug-likeness (QED) is 0.345. The van der Waals surface area contributed by atoms with E-state index in [1.807, 2.05) is 0 Å². The van der Waals surface area contributed by atoms with E-state index in [-0.39, 0.29) is 30.2 Å². The van der Waals surface area contributed by atoms with Crippen LogP contribution in [0, 0.1) is 5.82 Å². The number of hydrogen-bond donors (Lipinski definition) is 0. The summed E-state index contributed by atoms with van der Waals surface area (Å²) in [5.41, 5.74) is -4.27. The molecule has 13 heteroatoms. The molecule has 4 rings (SSSR count). The van der Waals surface area contributed by atoms with Gasteiger partial charge in [-0.1, -0.05) is 0 Å². The summed E-state index contributed by atoms with van der Waals surface area (Å²) >= 11 is 0. The second-order valence-corrected chi connectivity index (χ2v) is 9.49. The van der Waals surface area contributed by atoms with Crippen molar-refractivity contribution in [1.82, 2.24) is 4.90 Å². The molecule has 0 N–H and O–H groups in total. The number of alkyl halides is 9. The molecule has 39 heavy (non-hydrogen) atoms. The topological polar surface area (TPSA) is 29.5 Å². The third kappa shape index (κ3) is 6.01. The predicted molar refractivity (Wildman–Crippen MR) is 119 cm³/mol. The Balaban J connectivity index is 1.69. The highest BCUT2D eigenvalue weighted by molar-refractivity contribution is 5.75. The molecule has 1 aliphatic heterocycles. The van der Waals surface area contributed by atoms with Crippen LogP contribution in [0.25, 0.3) is 5.57 Å². The number of ether oxygens (including phenoxy) is 1. The molecule has 1 fully saturated rings. The third-order valence-electron chi connectivity index (χ3n) is 6.89. The maximum atomic E-state index is 14.6. The molecule has 0 spiro atoms. The first kappa shape index (κ1) is 28.8. The lowest BCUT2D eigenvalue weighted by Crippen LogP contribution is -2.34. The minimum absolute atomic E-state index is 0.0363. The van der Waals surface area contributed by atoms with Crippen LogP contribution in [0.1, 0.15) is 66.5 Å². The molecule has 2 aromatic carbocycles. The van der Waals surface area contributed by atoms with Gasteiger partial charge in [-0.2, -0.15) is 39.5 Å². The lowest BCUT2D eigenvalue weighted by Gasteiger charge is -2.27. The summed E-state index contributed by atoms with van der Waals surface area (Å²) < 4.78 is 140. The summed E-state index contributed by atoms with van der Waals surface area (Å²) in [5.74, 6) is -0.893. The minimum atomic E-state index is -5.10. The van der Waals surface area contributed by atoms with E-state index in [1.54, 1.807) is 0 Å². The maximum absolute atomic E-state index is 14.6. The zero-order chi connectivity index (χ0) is 28.9. The summed E-state index contributed by atoms with van der Waals surface area (Å²) in [5, 5.41) is 0. The standard InChI is InChI=1S/C26H21F10NO2/c1-13-22(15-8-17(25(31,32)33)10-18(9-15)26(34,35)36)39-23(38)37(13)12-14-4-2-3-5-19(14)20-11-16(24(28,29)30)6-7-21(20)27/h6-11,13,22H,2-5,12H2,1H3/t13-,22-/m0/s1. The van der Waals surface area contributed by atoms with Crippen LogP contribution < -0.4 is 0 Å². The number of hydrogen-bond acceptors (Lipinski definition) is 2. The van der Waals surface area contributed by atoms with Gasteiger partial charge in [-0.05, 0) is 85.7 Å². The number of amides is 1. The number of benzene rings is 2. The SMILES string of the molecule is C[C@H]1[C@@H](c2cc(C(F)(F)F)cc(C(F)(F)F)c2)OC(=O)N1CC1=C(c2cc(C(F)(F)F)ccc2F)CCCC1. The number of carbonyl (C=O) groups is 1. The summed E-state index contributed by atoms with van der Waals surface area (Å²) in [6.07, 6.45) is -15.8. The average Bonchev–Trinajstić information content (AvgIpc) is 3.11. The molecule has 0 saturated carbocycles. The molecule has 1 saturated heterocycles. The van der Waals surface area contributed by atoms with Crippen molar-refractivity contribution < 1.29 is 53.4 Å². The summed E-state index contributed by atoms with van der Waals surface area (Å²) in [6, 6.07) is 1.89. The highest BCUT2D eigenvalue weighted by Crippen LogP contribution is 2.42. The summed E-state index contributed by atoms with van der Waals surface area (Å²) in [4.78, 5) is 13.8. The fourth-order valence-corrected chi connectivity index (χ4v) is 4.91. The fraction of sp³-hybridized carbons (Fsp3) is 0.423. The zero-order valence-corrected chi connectivity index (χ0v) is 20.2. The lowest BCUT2D eigenvalue weighted by atomic mass is 9.86. The molecule has 2 atom stereocenters. The maximum Gasteiger partial charge on any atom is 0.416 e. The van der Waals surface area contributed by atoms with Gasteiger partial charge in [0.05, 0.1) is 22.7 Å². The zero-order valence-electron chi connectivity index (χ0n) is 20.2. The molecule has 1 aliphatic carbocycles. The molecular formula is C26H21F10NO2. The largest absolute Gasteiger partial charge is 0.439 e. The highest BCUT2D eigenvalue weighted by atomic mass is 19.4. The minimum Gasteiger partial charge on any atom is -0.439 e. The molecule has 0 unspecified atom stereocenters. The Labute approximate surface area is 216 Å². The third-order valence-corrected chi connectivity index (χ3v) is 6.89. The van der Waals surface area contributed by atoms with Crippen molar-refractivity contribution in [2.24, 2.45) is 0 Å². The number of allylic oxidation sites excluding steroid dienone is 1. The smallest absolute Gasteiger partial charge is 0.416 e. The van der Waals surface area contributed by atoms with Gasteiger partial charge in [-0.15, -0.1) is 0 Å². The van der Waals surface area contributed by atoms with Crippen molar-refractivity contribution in [1.29, 1.82) is 0 Å². The Morgan fingerprint density at radius 2 is 1.38 bits per heavy atom. The van der Waals surface area contributed by atoms with E-state index in [0.29, 0.717) is 55.2 Å². The van der Waals surface area contributed by atoms with Crippen LogP contribution in [-0.2, 0) is 23.3 Å². The second kappa shape index (κ2) is 10.1. The van der Waals surface area contributed by atoms with Gasteiger partial charge in [-0.3, -0.25) is 4.90 Å². The number of rotatable bonds is 4. The van der Waals surface area contributed by atoms with Crippen LogP contribution in [0.5, 0.6) is 0 Å². The highest BCUT2D eigenvalue weighted by Gasteiger charge is 2.43. The van der Waals surface area contributed by atoms with E-state index in [2.05, 4.69) is 0 Å². The van der Waals surface area contributed by atoms with E-state index in [4.69, 9.17) is 4.74 Å². The van der Waals surface area contributed by atoms with Gasteiger partial charge in [0.2, 0.25) is 0 Å². The van der Waals surface area contributed by atoms with Crippen LogP contribution in [0.3, 0.4) is 0 Å². The number of halogens is 10. The van der Waals surface area contributed by atoms with Crippen LogP contribution in [-0.4, -0.2) is 23.6 Å². The average molecular weight is 569 g/mol. The van der Waals surface area contributed by atoms with E-state index in [1.165, 1.54) is 6.92 Å². The van der Waals surface area contributed by atoms with Gasteiger partial charge in [-0.25, -0.2) is 9.18 Å². The predicted octanol–water partition coefficient (Wildman–Crippen LogP) is 8.79. The molecular weight excluding hydrogens is 548 g/mol. The number of cyclic esters (lactones) is 1. The number of carbonyl (C=O) groups excluding carboxylic acids is 1. The molecule has 1 heterocycles. The molecule has 0 aromatic heterocycles. The van der Waals surface area contributed by atoms with Gasteiger partial charge >= 0.3 is 24.6 Å². The molecule has 2 aromatic rings. The first-order chi connectivity index (χ1) is 18.0. The van der Waals surface area contributed by atoms with E-state index < -0.39 is 64.8 Å². The molecule has 0 radical (unpaired) electrons. The molecule has 212 valence electrons. The molecule has 1 amide bonds. The second-order valence-electron chi connectivity index (χ2n) is 9.49. The lowest BCUT2D eigenvalue weighted by molar-refractivity contribution is -0.143. The van der Waals surface area contributed by atoms with Gasteiger partial charge in [0.15, 0.2) is 0 Å². The van der Waals surface area contributed by atoms with Crippen molar-refractivity contribution in [3.63, 3.8) is 0 Å². The van der Waals surface area contributed by atoms with Crippen molar-refractivity contribution in [3.8, 4) is 0 Å².